The van der Waals surface area contributed by atoms with E-state index >= 15 is 0 Å². The van der Waals surface area contributed by atoms with Crippen molar-refractivity contribution in [3.8, 4) is 16.9 Å². The third-order valence-corrected chi connectivity index (χ3v) is 6.35. The predicted octanol–water partition coefficient (Wildman–Crippen LogP) is 5.41. The molecule has 0 spiro atoms. The topological polar surface area (TPSA) is 44.8 Å². The summed E-state index contributed by atoms with van der Waals surface area (Å²) in [6.07, 6.45) is 0. The highest BCUT2D eigenvalue weighted by atomic mass is 31.2. The van der Waals surface area contributed by atoms with Gasteiger partial charge in [-0.3, -0.25) is 4.57 Å². The molecule has 3 aromatic rings. The maximum Gasteiger partial charge on any atom is 0.361 e. The van der Waals surface area contributed by atoms with Gasteiger partial charge >= 0.3 is 7.60 Å². The molecule has 0 atom stereocenters. The number of rotatable bonds is 7. The molecule has 0 fully saturated rings. The summed E-state index contributed by atoms with van der Waals surface area (Å²) in [5.74, 6) is 0.718. The summed E-state index contributed by atoms with van der Waals surface area (Å²) in [6, 6.07) is 19.5. The van der Waals surface area contributed by atoms with Crippen molar-refractivity contribution in [2.45, 2.75) is 13.8 Å². The second-order valence-electron chi connectivity index (χ2n) is 5.71. The second kappa shape index (κ2) is 8.05. The molecule has 0 aliphatic rings. The first-order valence-electron chi connectivity index (χ1n) is 8.69. The molecule has 5 heteroatoms. The van der Waals surface area contributed by atoms with Gasteiger partial charge in [0.05, 0.1) is 25.6 Å². The summed E-state index contributed by atoms with van der Waals surface area (Å²) in [4.78, 5) is 0. The van der Waals surface area contributed by atoms with Gasteiger partial charge in [-0.25, -0.2) is 0 Å². The molecule has 3 rings (SSSR count). The Morgan fingerprint density at radius 1 is 0.846 bits per heavy atom. The van der Waals surface area contributed by atoms with Crippen LogP contribution in [0, 0.1) is 0 Å². The molecule has 0 amide bonds. The number of methoxy groups -OCH3 is 1. The lowest BCUT2D eigenvalue weighted by Crippen LogP contribution is -2.14. The van der Waals surface area contributed by atoms with Crippen LogP contribution in [-0.2, 0) is 13.6 Å². The van der Waals surface area contributed by atoms with E-state index in [2.05, 4.69) is 0 Å². The van der Waals surface area contributed by atoms with Crippen LogP contribution in [0.15, 0.2) is 60.7 Å². The summed E-state index contributed by atoms with van der Waals surface area (Å²) < 4.78 is 30.3. The maximum absolute atomic E-state index is 13.5. The number of hydrogen-bond donors (Lipinski definition) is 0. The number of benzene rings is 3. The second-order valence-corrected chi connectivity index (χ2v) is 7.71. The van der Waals surface area contributed by atoms with E-state index in [0.717, 1.165) is 27.6 Å². The van der Waals surface area contributed by atoms with Gasteiger partial charge in [0.1, 0.15) is 5.75 Å². The Morgan fingerprint density at radius 3 is 2.19 bits per heavy atom. The molecule has 0 heterocycles. The Morgan fingerprint density at radius 2 is 1.50 bits per heavy atom. The highest BCUT2D eigenvalue weighted by Crippen LogP contribution is 2.50. The Hall–Kier alpha value is -2.13. The van der Waals surface area contributed by atoms with Crippen LogP contribution in [0.3, 0.4) is 0 Å². The van der Waals surface area contributed by atoms with Gasteiger partial charge in [-0.15, -0.1) is 0 Å². The normalized spacial score (nSPS) is 11.7. The zero-order valence-corrected chi connectivity index (χ0v) is 16.2. The van der Waals surface area contributed by atoms with Crippen molar-refractivity contribution in [1.29, 1.82) is 0 Å². The lowest BCUT2D eigenvalue weighted by Gasteiger charge is -2.21. The van der Waals surface area contributed by atoms with Crippen LogP contribution < -0.4 is 10.0 Å². The quantitative estimate of drug-likeness (QED) is 0.522. The van der Waals surface area contributed by atoms with Crippen molar-refractivity contribution < 1.29 is 18.3 Å². The molecule has 0 saturated heterocycles. The van der Waals surface area contributed by atoms with Gasteiger partial charge in [0, 0.05) is 11.1 Å². The fourth-order valence-electron chi connectivity index (χ4n) is 3.14. The third-order valence-electron chi connectivity index (χ3n) is 4.18. The van der Waals surface area contributed by atoms with Gasteiger partial charge in [0.25, 0.3) is 0 Å². The molecule has 0 unspecified atom stereocenters. The summed E-state index contributed by atoms with van der Waals surface area (Å²) in [7, 11) is -1.80. The van der Waals surface area contributed by atoms with Crippen LogP contribution in [0.1, 0.15) is 13.8 Å². The van der Waals surface area contributed by atoms with E-state index < -0.39 is 7.60 Å². The molecule has 0 radical (unpaired) electrons. The summed E-state index contributed by atoms with van der Waals surface area (Å²) >= 11 is 0. The molecule has 26 heavy (non-hydrogen) atoms. The molecule has 136 valence electrons. The Balaban J connectivity index is 2.33. The number of ether oxygens (including phenoxy) is 1. The van der Waals surface area contributed by atoms with Gasteiger partial charge in [0.15, 0.2) is 0 Å². The maximum atomic E-state index is 13.5. The first-order valence-corrected chi connectivity index (χ1v) is 10.2. The minimum Gasteiger partial charge on any atom is -0.496 e. The van der Waals surface area contributed by atoms with Crippen molar-refractivity contribution in [2.75, 3.05) is 20.3 Å². The molecule has 0 N–H and O–H groups in total. The van der Waals surface area contributed by atoms with Crippen LogP contribution in [0.5, 0.6) is 5.75 Å². The summed E-state index contributed by atoms with van der Waals surface area (Å²) in [6.45, 7) is 4.23. The molecule has 0 aromatic heterocycles. The van der Waals surface area contributed by atoms with Gasteiger partial charge in [0.2, 0.25) is 0 Å². The zero-order valence-electron chi connectivity index (χ0n) is 15.3. The SMILES string of the molecule is CCOP(=O)(OCC)c1ccccc1-c1c(OC)ccc2ccccc12. The lowest BCUT2D eigenvalue weighted by molar-refractivity contribution is 0.230. The van der Waals surface area contributed by atoms with Crippen LogP contribution in [-0.4, -0.2) is 20.3 Å². The first-order chi connectivity index (χ1) is 12.6. The van der Waals surface area contributed by atoms with E-state index in [4.69, 9.17) is 13.8 Å². The lowest BCUT2D eigenvalue weighted by atomic mass is 9.97. The molecule has 0 bridgehead atoms. The Bertz CT molecular complexity index is 942. The molecule has 4 nitrogen and oxygen atoms in total. The third kappa shape index (κ3) is 3.41. The van der Waals surface area contributed by atoms with Crippen molar-refractivity contribution >= 4 is 23.7 Å². The van der Waals surface area contributed by atoms with E-state index in [0.29, 0.717) is 18.5 Å². The van der Waals surface area contributed by atoms with Gasteiger partial charge < -0.3 is 13.8 Å². The van der Waals surface area contributed by atoms with Crippen LogP contribution in [0.2, 0.25) is 0 Å². The van der Waals surface area contributed by atoms with Crippen molar-refractivity contribution in [3.05, 3.63) is 60.7 Å². The average molecular weight is 370 g/mol. The minimum absolute atomic E-state index is 0.304. The standard InChI is InChI=1S/C21H23O4P/c1-4-24-26(22,25-5-2)20-13-9-8-12-18(20)21-17-11-7-6-10-16(17)14-15-19(21)23-3/h6-15H,4-5H2,1-3H3. The summed E-state index contributed by atoms with van der Waals surface area (Å²) in [5, 5.41) is 2.66. The fraction of sp³-hybridized carbons (Fsp3) is 0.238. The fourth-order valence-corrected chi connectivity index (χ4v) is 4.92. The minimum atomic E-state index is -3.44. The first kappa shape index (κ1) is 18.7. The highest BCUT2D eigenvalue weighted by molar-refractivity contribution is 7.62. The predicted molar refractivity (Wildman–Crippen MR) is 106 cm³/mol. The number of fused-ring (bicyclic) bond motifs is 1. The molecule has 3 aromatic carbocycles. The van der Waals surface area contributed by atoms with Crippen molar-refractivity contribution in [2.24, 2.45) is 0 Å². The highest BCUT2D eigenvalue weighted by Gasteiger charge is 2.31. The van der Waals surface area contributed by atoms with E-state index in [1.54, 1.807) is 7.11 Å². The molecular formula is C21H23O4P. The van der Waals surface area contributed by atoms with Crippen molar-refractivity contribution in [1.82, 2.24) is 0 Å². The number of hydrogen-bond acceptors (Lipinski definition) is 4. The van der Waals surface area contributed by atoms with E-state index in [9.17, 15) is 4.57 Å². The molecule has 0 aliphatic carbocycles. The zero-order chi connectivity index (χ0) is 18.6. The van der Waals surface area contributed by atoms with Crippen molar-refractivity contribution in [3.63, 3.8) is 0 Å². The molecular weight excluding hydrogens is 347 g/mol. The van der Waals surface area contributed by atoms with Crippen LogP contribution in [0.4, 0.5) is 0 Å². The van der Waals surface area contributed by atoms with Gasteiger partial charge in [-0.05, 0) is 36.8 Å². The van der Waals surface area contributed by atoms with Crippen LogP contribution in [0.25, 0.3) is 21.9 Å². The van der Waals surface area contributed by atoms with Gasteiger partial charge in [-0.1, -0.05) is 48.5 Å². The van der Waals surface area contributed by atoms with E-state index in [-0.39, 0.29) is 0 Å². The Labute approximate surface area is 154 Å². The van der Waals surface area contributed by atoms with E-state index in [1.807, 2.05) is 74.5 Å². The largest absolute Gasteiger partial charge is 0.496 e. The van der Waals surface area contributed by atoms with Gasteiger partial charge in [-0.2, -0.15) is 0 Å². The Kier molecular flexibility index (Phi) is 5.77. The monoisotopic (exact) mass is 370 g/mol. The molecule has 0 aliphatic heterocycles. The van der Waals surface area contributed by atoms with Crippen LogP contribution >= 0.6 is 7.60 Å². The average Bonchev–Trinajstić information content (AvgIpc) is 2.67. The van der Waals surface area contributed by atoms with E-state index in [1.165, 1.54) is 0 Å². The summed E-state index contributed by atoms with van der Waals surface area (Å²) in [5.41, 5.74) is 1.69. The molecule has 0 saturated carbocycles. The smallest absolute Gasteiger partial charge is 0.361 e.